The van der Waals surface area contributed by atoms with Gasteiger partial charge in [-0.15, -0.1) is 0 Å². The molecule has 2 aromatic rings. The van der Waals surface area contributed by atoms with Crippen molar-refractivity contribution in [2.24, 2.45) is 0 Å². The van der Waals surface area contributed by atoms with Crippen LogP contribution in [0.2, 0.25) is 0 Å². The summed E-state index contributed by atoms with van der Waals surface area (Å²) in [5, 5.41) is 8.47. The van der Waals surface area contributed by atoms with E-state index in [1.165, 1.54) is 0 Å². The van der Waals surface area contributed by atoms with Gasteiger partial charge in [-0.2, -0.15) is 0 Å². The van der Waals surface area contributed by atoms with Gasteiger partial charge in [-0.05, 0) is 42.7 Å². The van der Waals surface area contributed by atoms with Crippen LogP contribution in [0.4, 0.5) is 10.5 Å². The molecule has 23 heavy (non-hydrogen) atoms. The summed E-state index contributed by atoms with van der Waals surface area (Å²) in [4.78, 5) is 23.7. The SMILES string of the molecule is O=C(NCc1ccccc1)Nc1ccc(C(=O)NC2CC2)cc1. The first-order valence-electron chi connectivity index (χ1n) is 7.70. The Balaban J connectivity index is 1.49. The fourth-order valence-corrected chi connectivity index (χ4v) is 2.15. The van der Waals surface area contributed by atoms with Crippen molar-refractivity contribution < 1.29 is 9.59 Å². The van der Waals surface area contributed by atoms with Gasteiger partial charge in [0.1, 0.15) is 0 Å². The van der Waals surface area contributed by atoms with Gasteiger partial charge < -0.3 is 16.0 Å². The van der Waals surface area contributed by atoms with Gasteiger partial charge in [-0.3, -0.25) is 4.79 Å². The van der Waals surface area contributed by atoms with Crippen LogP contribution in [0.3, 0.4) is 0 Å². The van der Waals surface area contributed by atoms with Crippen molar-refractivity contribution in [2.75, 3.05) is 5.32 Å². The van der Waals surface area contributed by atoms with Crippen LogP contribution in [0, 0.1) is 0 Å². The zero-order chi connectivity index (χ0) is 16.1. The van der Waals surface area contributed by atoms with Crippen LogP contribution in [0.1, 0.15) is 28.8 Å². The summed E-state index contributed by atoms with van der Waals surface area (Å²) in [7, 11) is 0. The van der Waals surface area contributed by atoms with Crippen LogP contribution in [0.25, 0.3) is 0 Å². The lowest BCUT2D eigenvalue weighted by molar-refractivity contribution is 0.0951. The third kappa shape index (κ3) is 4.57. The molecule has 1 aliphatic rings. The van der Waals surface area contributed by atoms with Gasteiger partial charge in [0, 0.05) is 23.8 Å². The van der Waals surface area contributed by atoms with Crippen LogP contribution < -0.4 is 16.0 Å². The van der Waals surface area contributed by atoms with Crippen LogP contribution >= 0.6 is 0 Å². The second kappa shape index (κ2) is 6.96. The molecule has 0 spiro atoms. The largest absolute Gasteiger partial charge is 0.349 e. The molecular weight excluding hydrogens is 290 g/mol. The average Bonchev–Trinajstić information content (AvgIpc) is 3.38. The van der Waals surface area contributed by atoms with E-state index in [9.17, 15) is 9.59 Å². The lowest BCUT2D eigenvalue weighted by atomic mass is 10.2. The third-order valence-corrected chi connectivity index (χ3v) is 3.61. The topological polar surface area (TPSA) is 70.2 Å². The Morgan fingerprint density at radius 2 is 1.65 bits per heavy atom. The second-order valence-corrected chi connectivity index (χ2v) is 5.62. The van der Waals surface area contributed by atoms with Gasteiger partial charge in [0.2, 0.25) is 0 Å². The van der Waals surface area contributed by atoms with Crippen molar-refractivity contribution in [3.63, 3.8) is 0 Å². The molecule has 118 valence electrons. The molecule has 2 aromatic carbocycles. The molecule has 0 radical (unpaired) electrons. The van der Waals surface area contributed by atoms with E-state index in [-0.39, 0.29) is 11.9 Å². The lowest BCUT2D eigenvalue weighted by Crippen LogP contribution is -2.28. The number of amides is 3. The van der Waals surface area contributed by atoms with Crippen LogP contribution in [0.5, 0.6) is 0 Å². The number of anilines is 1. The van der Waals surface area contributed by atoms with E-state index in [1.807, 2.05) is 30.3 Å². The number of carbonyl (C=O) groups excluding carboxylic acids is 2. The Kier molecular flexibility index (Phi) is 4.57. The minimum Gasteiger partial charge on any atom is -0.349 e. The van der Waals surface area contributed by atoms with Gasteiger partial charge in [0.25, 0.3) is 5.91 Å². The number of benzene rings is 2. The maximum Gasteiger partial charge on any atom is 0.319 e. The van der Waals surface area contributed by atoms with Crippen LogP contribution in [-0.4, -0.2) is 18.0 Å². The van der Waals surface area contributed by atoms with Gasteiger partial charge in [0.05, 0.1) is 0 Å². The number of hydrogen-bond donors (Lipinski definition) is 3. The Labute approximate surface area is 135 Å². The minimum atomic E-state index is -0.274. The molecule has 5 heteroatoms. The van der Waals surface area contributed by atoms with Crippen LogP contribution in [-0.2, 0) is 6.54 Å². The molecule has 0 aromatic heterocycles. The van der Waals surface area contributed by atoms with Gasteiger partial charge >= 0.3 is 6.03 Å². The molecule has 3 amide bonds. The number of urea groups is 1. The maximum atomic E-state index is 11.9. The van der Waals surface area contributed by atoms with E-state index >= 15 is 0 Å². The van der Waals surface area contributed by atoms with E-state index in [2.05, 4.69) is 16.0 Å². The predicted molar refractivity (Wildman–Crippen MR) is 89.2 cm³/mol. The van der Waals surface area contributed by atoms with Crippen molar-refractivity contribution >= 4 is 17.6 Å². The van der Waals surface area contributed by atoms with Gasteiger partial charge in [0.15, 0.2) is 0 Å². The van der Waals surface area contributed by atoms with Crippen molar-refractivity contribution in [1.29, 1.82) is 0 Å². The summed E-state index contributed by atoms with van der Waals surface area (Å²) in [5.41, 5.74) is 2.29. The molecule has 0 unspecified atom stereocenters. The fraction of sp³-hybridized carbons (Fsp3) is 0.222. The molecule has 0 saturated heterocycles. The van der Waals surface area contributed by atoms with E-state index in [1.54, 1.807) is 24.3 Å². The standard InChI is InChI=1S/C18H19N3O2/c22-17(20-15-10-11-15)14-6-8-16(9-7-14)21-18(23)19-12-13-4-2-1-3-5-13/h1-9,15H,10-12H2,(H,20,22)(H2,19,21,23). The quantitative estimate of drug-likeness (QED) is 0.795. The highest BCUT2D eigenvalue weighted by molar-refractivity contribution is 5.95. The number of hydrogen-bond acceptors (Lipinski definition) is 2. The monoisotopic (exact) mass is 309 g/mol. The molecule has 0 heterocycles. The van der Waals surface area contributed by atoms with Gasteiger partial charge in [-0.1, -0.05) is 30.3 Å². The highest BCUT2D eigenvalue weighted by Crippen LogP contribution is 2.19. The highest BCUT2D eigenvalue weighted by Gasteiger charge is 2.23. The summed E-state index contributed by atoms with van der Waals surface area (Å²) in [6.45, 7) is 0.467. The molecule has 0 atom stereocenters. The first-order valence-corrected chi connectivity index (χ1v) is 7.70. The minimum absolute atomic E-state index is 0.0624. The van der Waals surface area contributed by atoms with Crippen molar-refractivity contribution in [3.05, 3.63) is 65.7 Å². The van der Waals surface area contributed by atoms with E-state index < -0.39 is 0 Å². The van der Waals surface area contributed by atoms with Crippen molar-refractivity contribution in [1.82, 2.24) is 10.6 Å². The molecule has 3 N–H and O–H groups in total. The predicted octanol–water partition coefficient (Wildman–Crippen LogP) is 2.90. The van der Waals surface area contributed by atoms with Crippen molar-refractivity contribution in [2.45, 2.75) is 25.4 Å². The molecular formula is C18H19N3O2. The summed E-state index contributed by atoms with van der Waals surface area (Å²) < 4.78 is 0. The summed E-state index contributed by atoms with van der Waals surface area (Å²) in [6, 6.07) is 16.6. The molecule has 1 fully saturated rings. The number of rotatable bonds is 5. The number of carbonyl (C=O) groups is 2. The van der Waals surface area contributed by atoms with Crippen molar-refractivity contribution in [3.8, 4) is 0 Å². The molecule has 0 aliphatic heterocycles. The summed E-state index contributed by atoms with van der Waals surface area (Å²) in [5.74, 6) is -0.0624. The fourth-order valence-electron chi connectivity index (χ4n) is 2.15. The molecule has 3 rings (SSSR count). The molecule has 5 nitrogen and oxygen atoms in total. The zero-order valence-corrected chi connectivity index (χ0v) is 12.7. The van der Waals surface area contributed by atoms with E-state index in [4.69, 9.17) is 0 Å². The first-order chi connectivity index (χ1) is 11.2. The Morgan fingerprint density at radius 1 is 0.957 bits per heavy atom. The molecule has 1 saturated carbocycles. The smallest absolute Gasteiger partial charge is 0.319 e. The highest BCUT2D eigenvalue weighted by atomic mass is 16.2. The average molecular weight is 309 g/mol. The van der Waals surface area contributed by atoms with Crippen LogP contribution in [0.15, 0.2) is 54.6 Å². The Bertz CT molecular complexity index is 679. The Morgan fingerprint density at radius 3 is 2.30 bits per heavy atom. The van der Waals surface area contributed by atoms with E-state index in [0.717, 1.165) is 18.4 Å². The van der Waals surface area contributed by atoms with Gasteiger partial charge in [-0.25, -0.2) is 4.79 Å². The molecule has 1 aliphatic carbocycles. The third-order valence-electron chi connectivity index (χ3n) is 3.61. The Hall–Kier alpha value is -2.82. The normalized spacial score (nSPS) is 13.2. The lowest BCUT2D eigenvalue weighted by Gasteiger charge is -2.08. The maximum absolute atomic E-state index is 11.9. The number of nitrogens with one attached hydrogen (secondary N) is 3. The first kappa shape index (κ1) is 15.1. The zero-order valence-electron chi connectivity index (χ0n) is 12.7. The summed E-state index contributed by atoms with van der Waals surface area (Å²) >= 11 is 0. The summed E-state index contributed by atoms with van der Waals surface area (Å²) in [6.07, 6.45) is 2.12. The second-order valence-electron chi connectivity index (χ2n) is 5.62. The molecule has 0 bridgehead atoms. The van der Waals surface area contributed by atoms with E-state index in [0.29, 0.717) is 23.8 Å².